The number of carbonyl (C=O) groups excluding carboxylic acids is 2. The van der Waals surface area contributed by atoms with Crippen LogP contribution in [-0.2, 0) is 14.3 Å². The molecule has 0 unspecified atom stereocenters. The summed E-state index contributed by atoms with van der Waals surface area (Å²) in [7, 11) is 0. The molecule has 3 N–H and O–H groups in total. The number of hydrogen-bond acceptors (Lipinski definition) is 6. The number of carbonyl (C=O) groups is 2. The lowest BCUT2D eigenvalue weighted by atomic mass is 10.1. The van der Waals surface area contributed by atoms with Crippen molar-refractivity contribution in [3.8, 4) is 0 Å². The molecule has 0 aliphatic carbocycles. The summed E-state index contributed by atoms with van der Waals surface area (Å²) in [5, 5.41) is 27.7. The van der Waals surface area contributed by atoms with Gasteiger partial charge in [-0.3, -0.25) is 9.59 Å². The first-order valence-electron chi connectivity index (χ1n) is 11.0. The maximum Gasteiger partial charge on any atom is 0.306 e. The molecule has 0 rings (SSSR count). The third kappa shape index (κ3) is 16.0. The lowest BCUT2D eigenvalue weighted by Crippen LogP contribution is -2.42. The van der Waals surface area contributed by atoms with E-state index in [1.165, 1.54) is 25.7 Å². The zero-order valence-corrected chi connectivity index (χ0v) is 17.9. The van der Waals surface area contributed by atoms with E-state index in [1.807, 2.05) is 0 Å². The van der Waals surface area contributed by atoms with E-state index in [0.717, 1.165) is 38.5 Å². The smallest absolute Gasteiger partial charge is 0.306 e. The number of esters is 1. The molecule has 0 amide bonds. The number of unbranched alkanes of at least 4 members (excludes halogenated alkanes) is 8. The van der Waals surface area contributed by atoms with Crippen LogP contribution in [0.4, 0.5) is 0 Å². The van der Waals surface area contributed by atoms with Gasteiger partial charge in [0, 0.05) is 6.42 Å². The molecule has 6 heteroatoms. The number of aliphatic hydroxyl groups excluding tert-OH is 3. The van der Waals surface area contributed by atoms with Crippen molar-refractivity contribution in [3.05, 3.63) is 24.3 Å². The molecule has 0 fully saturated rings. The van der Waals surface area contributed by atoms with Crippen LogP contribution in [0.5, 0.6) is 0 Å². The van der Waals surface area contributed by atoms with Crippen molar-refractivity contribution in [2.45, 2.75) is 102 Å². The van der Waals surface area contributed by atoms with E-state index in [-0.39, 0.29) is 12.7 Å². The fourth-order valence-electron chi connectivity index (χ4n) is 2.80. The Balaban J connectivity index is 3.63. The number of aldehydes is 1. The topological polar surface area (TPSA) is 104 Å². The Hall–Kier alpha value is -1.50. The molecule has 0 aliphatic rings. The van der Waals surface area contributed by atoms with Gasteiger partial charge in [-0.25, -0.2) is 0 Å². The molecule has 0 aromatic rings. The highest BCUT2D eigenvalue weighted by Gasteiger charge is 2.28. The predicted octanol–water partition coefficient (Wildman–Crippen LogP) is 3.62. The van der Waals surface area contributed by atoms with E-state index in [9.17, 15) is 19.8 Å². The third-order valence-electron chi connectivity index (χ3n) is 4.65. The summed E-state index contributed by atoms with van der Waals surface area (Å²) in [4.78, 5) is 22.6. The Morgan fingerprint density at radius 1 is 0.897 bits per heavy atom. The van der Waals surface area contributed by atoms with Gasteiger partial charge >= 0.3 is 5.97 Å². The summed E-state index contributed by atoms with van der Waals surface area (Å²) >= 11 is 0. The molecule has 168 valence electrons. The average Bonchev–Trinajstić information content (AvgIpc) is 2.73. The van der Waals surface area contributed by atoms with E-state index >= 15 is 0 Å². The van der Waals surface area contributed by atoms with E-state index in [4.69, 9.17) is 9.84 Å². The first-order valence-corrected chi connectivity index (χ1v) is 11.0. The Morgan fingerprint density at radius 2 is 1.48 bits per heavy atom. The predicted molar refractivity (Wildman–Crippen MR) is 114 cm³/mol. The third-order valence-corrected chi connectivity index (χ3v) is 4.65. The van der Waals surface area contributed by atoms with E-state index in [2.05, 4.69) is 31.2 Å². The molecular weight excluding hydrogens is 372 g/mol. The summed E-state index contributed by atoms with van der Waals surface area (Å²) in [5.41, 5.74) is 0. The van der Waals surface area contributed by atoms with Gasteiger partial charge in [-0.15, -0.1) is 0 Å². The largest absolute Gasteiger partial charge is 0.452 e. The SMILES string of the molecule is CCCCCC=CCC=CCCCCCCCC(=O)O[C@@H](C=O)[C@@H](O)[C@H](O)CO. The van der Waals surface area contributed by atoms with Crippen LogP contribution in [0.1, 0.15) is 84.0 Å². The molecule has 0 aromatic heterocycles. The summed E-state index contributed by atoms with van der Waals surface area (Å²) < 4.78 is 4.86. The second-order valence-corrected chi connectivity index (χ2v) is 7.31. The molecule has 0 aromatic carbocycles. The second kappa shape index (κ2) is 19.8. The number of hydrogen-bond donors (Lipinski definition) is 3. The van der Waals surface area contributed by atoms with Crippen LogP contribution in [0.3, 0.4) is 0 Å². The zero-order valence-electron chi connectivity index (χ0n) is 17.9. The van der Waals surface area contributed by atoms with Gasteiger partial charge in [-0.2, -0.15) is 0 Å². The van der Waals surface area contributed by atoms with Crippen molar-refractivity contribution in [3.63, 3.8) is 0 Å². The second-order valence-electron chi connectivity index (χ2n) is 7.31. The van der Waals surface area contributed by atoms with Crippen LogP contribution < -0.4 is 0 Å². The summed E-state index contributed by atoms with van der Waals surface area (Å²) in [6.07, 6.45) is 16.6. The molecule has 0 saturated heterocycles. The highest BCUT2D eigenvalue weighted by molar-refractivity contribution is 5.72. The number of rotatable bonds is 19. The summed E-state index contributed by atoms with van der Waals surface area (Å²) in [6.45, 7) is 1.50. The minimum Gasteiger partial charge on any atom is -0.452 e. The van der Waals surface area contributed by atoms with Gasteiger partial charge in [0.25, 0.3) is 0 Å². The molecule has 0 radical (unpaired) electrons. The highest BCUT2D eigenvalue weighted by Crippen LogP contribution is 2.10. The molecule has 0 spiro atoms. The Labute approximate surface area is 175 Å². The van der Waals surface area contributed by atoms with Crippen molar-refractivity contribution >= 4 is 12.3 Å². The van der Waals surface area contributed by atoms with Crippen LogP contribution in [-0.4, -0.2) is 52.5 Å². The summed E-state index contributed by atoms with van der Waals surface area (Å²) in [5.74, 6) is -0.586. The standard InChI is InChI=1S/C23H40O6/c1-2-3-4-5-6-7-8-9-10-11-12-13-14-15-16-17-22(27)29-21(19-25)23(28)20(26)18-24/h6-7,9-10,19-21,23-24,26,28H,2-5,8,11-18H2,1H3/t20-,21+,23+/m1/s1. The molecule has 29 heavy (non-hydrogen) atoms. The first kappa shape index (κ1) is 27.5. The maximum atomic E-state index is 11.7. The van der Waals surface area contributed by atoms with Gasteiger partial charge < -0.3 is 20.1 Å². The van der Waals surface area contributed by atoms with Crippen molar-refractivity contribution in [1.82, 2.24) is 0 Å². The van der Waals surface area contributed by atoms with Gasteiger partial charge in [0.05, 0.1) is 6.61 Å². The van der Waals surface area contributed by atoms with Crippen LogP contribution in [0.15, 0.2) is 24.3 Å². The highest BCUT2D eigenvalue weighted by atomic mass is 16.6. The van der Waals surface area contributed by atoms with E-state index < -0.39 is 30.9 Å². The molecule has 0 heterocycles. The van der Waals surface area contributed by atoms with Crippen LogP contribution in [0.25, 0.3) is 0 Å². The minimum absolute atomic E-state index is 0.163. The molecule has 0 saturated carbocycles. The van der Waals surface area contributed by atoms with Gasteiger partial charge in [0.2, 0.25) is 0 Å². The summed E-state index contributed by atoms with van der Waals surface area (Å²) in [6, 6.07) is 0. The first-order chi connectivity index (χ1) is 14.1. The van der Waals surface area contributed by atoms with Crippen molar-refractivity contribution in [1.29, 1.82) is 0 Å². The van der Waals surface area contributed by atoms with Crippen LogP contribution in [0.2, 0.25) is 0 Å². The Kier molecular flexibility index (Phi) is 18.8. The minimum atomic E-state index is -1.62. The van der Waals surface area contributed by atoms with Crippen LogP contribution in [0, 0.1) is 0 Å². The molecule has 0 aliphatic heterocycles. The van der Waals surface area contributed by atoms with Gasteiger partial charge in [-0.1, -0.05) is 63.3 Å². The van der Waals surface area contributed by atoms with Gasteiger partial charge in [0.1, 0.15) is 12.2 Å². The zero-order chi connectivity index (χ0) is 21.7. The van der Waals surface area contributed by atoms with E-state index in [0.29, 0.717) is 6.42 Å². The van der Waals surface area contributed by atoms with Gasteiger partial charge in [-0.05, 0) is 38.5 Å². The lowest BCUT2D eigenvalue weighted by Gasteiger charge is -2.21. The monoisotopic (exact) mass is 412 g/mol. The normalized spacial score (nSPS) is 14.9. The molecule has 0 bridgehead atoms. The van der Waals surface area contributed by atoms with Gasteiger partial charge in [0.15, 0.2) is 12.4 Å². The Morgan fingerprint density at radius 3 is 2.07 bits per heavy atom. The molecule has 3 atom stereocenters. The number of allylic oxidation sites excluding steroid dienone is 4. The van der Waals surface area contributed by atoms with Crippen molar-refractivity contribution < 1.29 is 29.6 Å². The van der Waals surface area contributed by atoms with Crippen LogP contribution >= 0.6 is 0 Å². The van der Waals surface area contributed by atoms with Crippen molar-refractivity contribution in [2.24, 2.45) is 0 Å². The Bertz CT molecular complexity index is 460. The average molecular weight is 413 g/mol. The van der Waals surface area contributed by atoms with E-state index in [1.54, 1.807) is 0 Å². The van der Waals surface area contributed by atoms with Crippen molar-refractivity contribution in [2.75, 3.05) is 6.61 Å². The fraction of sp³-hybridized carbons (Fsp3) is 0.739. The quantitative estimate of drug-likeness (QED) is 0.130. The lowest BCUT2D eigenvalue weighted by molar-refractivity contribution is -0.163. The molecule has 6 nitrogen and oxygen atoms in total. The number of aliphatic hydroxyl groups is 3. The number of ether oxygens (including phenoxy) is 1. The molecular formula is C23H40O6. The maximum absolute atomic E-state index is 11.7. The fourth-order valence-corrected chi connectivity index (χ4v) is 2.80.